The van der Waals surface area contributed by atoms with Crippen molar-refractivity contribution in [2.75, 3.05) is 0 Å². The normalized spacial score (nSPS) is 12.1. The minimum absolute atomic E-state index is 1.20. The fourth-order valence-electron chi connectivity index (χ4n) is 6.60. The van der Waals surface area contributed by atoms with E-state index in [2.05, 4.69) is 143 Å². The molecule has 3 heteroatoms. The van der Waals surface area contributed by atoms with Gasteiger partial charge in [-0.3, -0.25) is 0 Å². The minimum atomic E-state index is 1.20. The predicted octanol–water partition coefficient (Wildman–Crippen LogP) is 10.6. The molecule has 0 saturated heterocycles. The van der Waals surface area contributed by atoms with Crippen LogP contribution in [0.15, 0.2) is 127 Å². The van der Waals surface area contributed by atoms with E-state index in [1.165, 1.54) is 80.7 Å². The fourth-order valence-corrected chi connectivity index (χ4v) is 7.66. The van der Waals surface area contributed by atoms with Crippen LogP contribution in [0.5, 0.6) is 0 Å². The number of thiophene rings is 1. The molecular weight excluding hydrogens is 504 g/mol. The van der Waals surface area contributed by atoms with Crippen LogP contribution in [0.25, 0.3) is 75.2 Å². The van der Waals surface area contributed by atoms with Crippen LogP contribution in [0, 0.1) is 6.92 Å². The number of aromatic nitrogens is 2. The fraction of sp³-hybridized carbons (Fsp3) is 0.0270. The van der Waals surface area contributed by atoms with Crippen molar-refractivity contribution < 1.29 is 0 Å². The summed E-state index contributed by atoms with van der Waals surface area (Å²) in [4.78, 5) is 0. The van der Waals surface area contributed by atoms with E-state index in [9.17, 15) is 0 Å². The van der Waals surface area contributed by atoms with Crippen molar-refractivity contribution in [1.29, 1.82) is 0 Å². The van der Waals surface area contributed by atoms with E-state index in [1.54, 1.807) is 0 Å². The van der Waals surface area contributed by atoms with Gasteiger partial charge in [-0.15, -0.1) is 11.3 Å². The zero-order chi connectivity index (χ0) is 26.4. The first-order valence-corrected chi connectivity index (χ1v) is 14.5. The minimum Gasteiger partial charge on any atom is -0.309 e. The molecule has 9 aromatic rings. The maximum absolute atomic E-state index is 2.42. The van der Waals surface area contributed by atoms with E-state index in [-0.39, 0.29) is 0 Å². The van der Waals surface area contributed by atoms with Gasteiger partial charge in [0.1, 0.15) is 0 Å². The molecule has 0 unspecified atom stereocenters. The van der Waals surface area contributed by atoms with Crippen LogP contribution in [0.3, 0.4) is 0 Å². The lowest BCUT2D eigenvalue weighted by atomic mass is 10.1. The van der Waals surface area contributed by atoms with Gasteiger partial charge in [0.25, 0.3) is 0 Å². The highest BCUT2D eigenvalue weighted by Gasteiger charge is 2.16. The molecule has 2 nitrogen and oxygen atoms in total. The topological polar surface area (TPSA) is 9.86 Å². The number of aryl methyl sites for hydroxylation is 1. The molecule has 9 rings (SSSR count). The number of hydrogen-bond acceptors (Lipinski definition) is 1. The van der Waals surface area contributed by atoms with Gasteiger partial charge in [0.2, 0.25) is 0 Å². The van der Waals surface area contributed by atoms with E-state index in [0.717, 1.165) is 0 Å². The second kappa shape index (κ2) is 8.08. The van der Waals surface area contributed by atoms with Crippen LogP contribution in [-0.4, -0.2) is 9.13 Å². The van der Waals surface area contributed by atoms with Gasteiger partial charge < -0.3 is 9.13 Å². The van der Waals surface area contributed by atoms with Gasteiger partial charge in [0, 0.05) is 53.1 Å². The molecule has 0 bridgehead atoms. The molecule has 0 saturated carbocycles. The largest absolute Gasteiger partial charge is 0.309 e. The Hall–Kier alpha value is -4.86. The van der Waals surface area contributed by atoms with Gasteiger partial charge in [0.15, 0.2) is 0 Å². The Morgan fingerprint density at radius 1 is 0.400 bits per heavy atom. The molecule has 3 aromatic heterocycles. The lowest BCUT2D eigenvalue weighted by molar-refractivity contribution is 1.18. The average Bonchev–Trinajstić information content (AvgIpc) is 3.64. The highest BCUT2D eigenvalue weighted by Crippen LogP contribution is 2.40. The number of nitrogens with zero attached hydrogens (tertiary/aromatic N) is 2. The quantitative estimate of drug-likeness (QED) is 0.211. The second-order valence-corrected chi connectivity index (χ2v) is 11.8. The molecule has 40 heavy (non-hydrogen) atoms. The number of hydrogen-bond donors (Lipinski definition) is 0. The summed E-state index contributed by atoms with van der Waals surface area (Å²) in [6.07, 6.45) is 0. The Balaban J connectivity index is 1.32. The maximum Gasteiger partial charge on any atom is 0.0541 e. The summed E-state index contributed by atoms with van der Waals surface area (Å²) >= 11 is 1.87. The van der Waals surface area contributed by atoms with E-state index in [1.807, 2.05) is 11.3 Å². The third-order valence-corrected chi connectivity index (χ3v) is 9.51. The van der Waals surface area contributed by atoms with Crippen LogP contribution in [0.1, 0.15) is 5.56 Å². The van der Waals surface area contributed by atoms with Crippen LogP contribution < -0.4 is 0 Å². The highest BCUT2D eigenvalue weighted by molar-refractivity contribution is 7.25. The summed E-state index contributed by atoms with van der Waals surface area (Å²) in [7, 11) is 0. The molecule has 0 fully saturated rings. The molecular formula is C37H24N2S. The first kappa shape index (κ1) is 22.0. The Kier molecular flexibility index (Phi) is 4.44. The number of fused-ring (bicyclic) bond motifs is 9. The molecule has 0 atom stereocenters. The molecule has 3 heterocycles. The SMILES string of the molecule is Cc1ccc2c(c1)c1ccccc1n2-c1ccc2sc3ccc(-n4c5ccccc5c5ccccc54)cc3c2c1. The third kappa shape index (κ3) is 2.98. The van der Waals surface area contributed by atoms with Gasteiger partial charge >= 0.3 is 0 Å². The third-order valence-electron chi connectivity index (χ3n) is 8.36. The zero-order valence-electron chi connectivity index (χ0n) is 21.9. The van der Waals surface area contributed by atoms with Crippen molar-refractivity contribution in [3.63, 3.8) is 0 Å². The molecule has 0 N–H and O–H groups in total. The summed E-state index contributed by atoms with van der Waals surface area (Å²) in [6.45, 7) is 2.17. The smallest absolute Gasteiger partial charge is 0.0541 e. The van der Waals surface area contributed by atoms with E-state index >= 15 is 0 Å². The first-order chi connectivity index (χ1) is 19.7. The number of benzene rings is 6. The number of para-hydroxylation sites is 3. The average molecular weight is 529 g/mol. The second-order valence-electron chi connectivity index (χ2n) is 10.7. The highest BCUT2D eigenvalue weighted by atomic mass is 32.1. The predicted molar refractivity (Wildman–Crippen MR) is 173 cm³/mol. The number of rotatable bonds is 2. The summed E-state index contributed by atoms with van der Waals surface area (Å²) in [6, 6.07) is 46.9. The van der Waals surface area contributed by atoms with Gasteiger partial charge in [-0.25, -0.2) is 0 Å². The Morgan fingerprint density at radius 3 is 1.38 bits per heavy atom. The van der Waals surface area contributed by atoms with Gasteiger partial charge in [-0.2, -0.15) is 0 Å². The maximum atomic E-state index is 2.42. The molecule has 0 aliphatic carbocycles. The standard InChI is InChI=1S/C37H24N2S/c1-23-14-17-35-29(20-23)28-10-4-7-13-34(28)39(35)25-16-19-37-31(22-25)30-21-24(15-18-36(30)40-37)38-32-11-5-2-8-26(32)27-9-3-6-12-33(27)38/h2-22H,1H3. The van der Waals surface area contributed by atoms with E-state index < -0.39 is 0 Å². The summed E-state index contributed by atoms with van der Waals surface area (Å²) in [5.74, 6) is 0. The molecule has 0 amide bonds. The lowest BCUT2D eigenvalue weighted by Crippen LogP contribution is -1.94. The van der Waals surface area contributed by atoms with Crippen LogP contribution in [0.2, 0.25) is 0 Å². The van der Waals surface area contributed by atoms with Gasteiger partial charge in [-0.05, 0) is 73.7 Å². The van der Waals surface area contributed by atoms with Crippen molar-refractivity contribution in [2.45, 2.75) is 6.92 Å². The molecule has 6 aromatic carbocycles. The summed E-state index contributed by atoms with van der Waals surface area (Å²) in [5, 5.41) is 7.79. The van der Waals surface area contributed by atoms with Crippen molar-refractivity contribution in [2.24, 2.45) is 0 Å². The Morgan fingerprint density at radius 2 is 0.850 bits per heavy atom. The molecule has 0 aliphatic rings. The summed E-state index contributed by atoms with van der Waals surface area (Å²) < 4.78 is 7.46. The van der Waals surface area contributed by atoms with Gasteiger partial charge in [-0.1, -0.05) is 66.2 Å². The van der Waals surface area contributed by atoms with Crippen LogP contribution in [0.4, 0.5) is 0 Å². The summed E-state index contributed by atoms with van der Waals surface area (Å²) in [5.41, 5.74) is 8.65. The Labute approximate surface area is 234 Å². The molecule has 0 spiro atoms. The van der Waals surface area contributed by atoms with Crippen LogP contribution >= 0.6 is 11.3 Å². The molecule has 188 valence electrons. The lowest BCUT2D eigenvalue weighted by Gasteiger charge is -2.09. The molecule has 0 radical (unpaired) electrons. The zero-order valence-corrected chi connectivity index (χ0v) is 22.7. The van der Waals surface area contributed by atoms with E-state index in [4.69, 9.17) is 0 Å². The van der Waals surface area contributed by atoms with Crippen molar-refractivity contribution in [3.8, 4) is 11.4 Å². The Bertz CT molecular complexity index is 2400. The molecule has 0 aliphatic heterocycles. The van der Waals surface area contributed by atoms with Crippen molar-refractivity contribution >= 4 is 75.1 Å². The van der Waals surface area contributed by atoms with Gasteiger partial charge in [0.05, 0.1) is 22.1 Å². The van der Waals surface area contributed by atoms with Crippen molar-refractivity contribution in [1.82, 2.24) is 9.13 Å². The van der Waals surface area contributed by atoms with Crippen molar-refractivity contribution in [3.05, 3.63) is 133 Å². The monoisotopic (exact) mass is 528 g/mol. The first-order valence-electron chi connectivity index (χ1n) is 13.7. The van der Waals surface area contributed by atoms with E-state index in [0.29, 0.717) is 0 Å². The van der Waals surface area contributed by atoms with Crippen LogP contribution in [-0.2, 0) is 0 Å².